The van der Waals surface area contributed by atoms with Gasteiger partial charge in [-0.25, -0.2) is 15.0 Å². The normalized spacial score (nSPS) is 14.2. The van der Waals surface area contributed by atoms with Crippen molar-refractivity contribution in [2.45, 2.75) is 26.7 Å². The monoisotopic (exact) mass is 486 g/mol. The molecule has 11 heteroatoms. The Morgan fingerprint density at radius 3 is 2.67 bits per heavy atom. The Kier molecular flexibility index (Phi) is 6.75. The van der Waals surface area contributed by atoms with Crippen LogP contribution in [-0.2, 0) is 4.79 Å². The van der Waals surface area contributed by atoms with Crippen molar-refractivity contribution in [2.75, 3.05) is 28.6 Å². The quantitative estimate of drug-likeness (QED) is 0.465. The SMILES string of the molecule is Cc1nc(Nc2ncc(C(=O)Nc3c(C)cccc3Cl)s2)cc(N2CCC(C(=O)O)CC2)n1. The number of halogens is 1. The molecule has 1 aliphatic rings. The summed E-state index contributed by atoms with van der Waals surface area (Å²) in [5.41, 5.74) is 1.45. The third kappa shape index (κ3) is 5.40. The molecule has 0 saturated carbocycles. The number of nitrogens with one attached hydrogen (secondary N) is 2. The Bertz CT molecular complexity index is 1170. The lowest BCUT2D eigenvalue weighted by atomic mass is 9.97. The molecule has 1 fully saturated rings. The Labute approximate surface area is 199 Å². The molecule has 1 aliphatic heterocycles. The lowest BCUT2D eigenvalue weighted by Crippen LogP contribution is -2.36. The molecule has 0 bridgehead atoms. The van der Waals surface area contributed by atoms with Gasteiger partial charge in [0.2, 0.25) is 0 Å². The first-order valence-corrected chi connectivity index (χ1v) is 11.6. The number of carboxylic acids is 1. The highest BCUT2D eigenvalue weighted by atomic mass is 35.5. The summed E-state index contributed by atoms with van der Waals surface area (Å²) in [6.07, 6.45) is 2.66. The lowest BCUT2D eigenvalue weighted by Gasteiger charge is -2.31. The van der Waals surface area contributed by atoms with Gasteiger partial charge in [0.15, 0.2) is 5.13 Å². The van der Waals surface area contributed by atoms with Gasteiger partial charge >= 0.3 is 5.97 Å². The number of aliphatic carboxylic acids is 1. The van der Waals surface area contributed by atoms with Crippen molar-refractivity contribution in [1.82, 2.24) is 15.0 Å². The van der Waals surface area contributed by atoms with Crippen molar-refractivity contribution in [3.8, 4) is 0 Å². The van der Waals surface area contributed by atoms with E-state index < -0.39 is 5.97 Å². The number of nitrogens with zero attached hydrogens (tertiary/aromatic N) is 4. The maximum Gasteiger partial charge on any atom is 0.306 e. The molecule has 2 aromatic heterocycles. The molecule has 3 heterocycles. The van der Waals surface area contributed by atoms with Crippen LogP contribution in [0.2, 0.25) is 5.02 Å². The van der Waals surface area contributed by atoms with E-state index in [1.54, 1.807) is 13.0 Å². The van der Waals surface area contributed by atoms with Crippen molar-refractivity contribution in [3.05, 3.63) is 51.7 Å². The first-order valence-electron chi connectivity index (χ1n) is 10.4. The van der Waals surface area contributed by atoms with Gasteiger partial charge in [-0.3, -0.25) is 9.59 Å². The van der Waals surface area contributed by atoms with Crippen LogP contribution in [0.4, 0.5) is 22.5 Å². The molecular weight excluding hydrogens is 464 g/mol. The van der Waals surface area contributed by atoms with Gasteiger partial charge in [-0.15, -0.1) is 0 Å². The number of hydrogen-bond donors (Lipinski definition) is 3. The zero-order valence-corrected chi connectivity index (χ0v) is 19.7. The zero-order chi connectivity index (χ0) is 23.5. The molecule has 0 spiro atoms. The summed E-state index contributed by atoms with van der Waals surface area (Å²) in [5, 5.41) is 16.2. The van der Waals surface area contributed by atoms with Crippen molar-refractivity contribution in [3.63, 3.8) is 0 Å². The Hall–Kier alpha value is -3.24. The smallest absolute Gasteiger partial charge is 0.306 e. The number of carbonyl (C=O) groups is 2. The van der Waals surface area contributed by atoms with E-state index in [9.17, 15) is 14.7 Å². The van der Waals surface area contributed by atoms with Gasteiger partial charge in [0.1, 0.15) is 22.3 Å². The molecular formula is C22H23ClN6O3S. The largest absolute Gasteiger partial charge is 0.481 e. The average Bonchev–Trinajstić information content (AvgIpc) is 3.24. The Morgan fingerprint density at radius 1 is 1.21 bits per heavy atom. The molecule has 33 heavy (non-hydrogen) atoms. The summed E-state index contributed by atoms with van der Waals surface area (Å²) >= 11 is 7.41. The number of piperidine rings is 1. The minimum atomic E-state index is -0.746. The second kappa shape index (κ2) is 9.72. The first kappa shape index (κ1) is 22.9. The summed E-state index contributed by atoms with van der Waals surface area (Å²) in [7, 11) is 0. The highest BCUT2D eigenvalue weighted by molar-refractivity contribution is 7.17. The van der Waals surface area contributed by atoms with Gasteiger partial charge in [-0.2, -0.15) is 0 Å². The van der Waals surface area contributed by atoms with Crippen molar-refractivity contribution in [1.29, 1.82) is 0 Å². The summed E-state index contributed by atoms with van der Waals surface area (Å²) in [6, 6.07) is 7.24. The van der Waals surface area contributed by atoms with Crippen molar-refractivity contribution < 1.29 is 14.7 Å². The molecule has 9 nitrogen and oxygen atoms in total. The minimum Gasteiger partial charge on any atom is -0.481 e. The van der Waals surface area contributed by atoms with E-state index in [0.717, 1.165) is 11.4 Å². The number of carboxylic acid groups (broad SMARTS) is 1. The third-order valence-corrected chi connectivity index (χ3v) is 6.64. The van der Waals surface area contributed by atoms with Gasteiger partial charge in [-0.05, 0) is 38.3 Å². The van der Waals surface area contributed by atoms with E-state index >= 15 is 0 Å². The second-order valence-electron chi connectivity index (χ2n) is 7.80. The van der Waals surface area contributed by atoms with Crippen LogP contribution in [0.25, 0.3) is 0 Å². The number of anilines is 4. The van der Waals surface area contributed by atoms with Crippen molar-refractivity contribution in [2.24, 2.45) is 5.92 Å². The third-order valence-electron chi connectivity index (χ3n) is 5.42. The van der Waals surface area contributed by atoms with Crippen LogP contribution in [0.3, 0.4) is 0 Å². The maximum absolute atomic E-state index is 12.7. The van der Waals surface area contributed by atoms with Gasteiger partial charge < -0.3 is 20.6 Å². The van der Waals surface area contributed by atoms with Gasteiger partial charge in [0.25, 0.3) is 5.91 Å². The maximum atomic E-state index is 12.7. The van der Waals surface area contributed by atoms with Crippen LogP contribution >= 0.6 is 22.9 Å². The topological polar surface area (TPSA) is 120 Å². The number of amides is 1. The second-order valence-corrected chi connectivity index (χ2v) is 9.24. The van der Waals surface area contributed by atoms with Crippen LogP contribution in [-0.4, -0.2) is 45.0 Å². The number of benzene rings is 1. The zero-order valence-electron chi connectivity index (χ0n) is 18.1. The number of aryl methyl sites for hydroxylation is 2. The van der Waals surface area contributed by atoms with E-state index in [0.29, 0.717) is 58.3 Å². The van der Waals surface area contributed by atoms with Gasteiger partial charge in [0.05, 0.1) is 22.8 Å². The number of carbonyl (C=O) groups excluding carboxylic acids is 1. The predicted molar refractivity (Wildman–Crippen MR) is 129 cm³/mol. The van der Waals surface area contributed by atoms with E-state index in [-0.39, 0.29) is 11.8 Å². The molecule has 1 amide bonds. The van der Waals surface area contributed by atoms with Crippen LogP contribution in [0, 0.1) is 19.8 Å². The fourth-order valence-electron chi connectivity index (χ4n) is 3.65. The van der Waals surface area contributed by atoms with Crippen LogP contribution in [0.15, 0.2) is 30.5 Å². The fourth-order valence-corrected chi connectivity index (χ4v) is 4.63. The minimum absolute atomic E-state index is 0.294. The predicted octanol–water partition coefficient (Wildman–Crippen LogP) is 4.50. The number of aromatic nitrogens is 3. The summed E-state index contributed by atoms with van der Waals surface area (Å²) in [4.78, 5) is 39.6. The number of para-hydroxylation sites is 1. The summed E-state index contributed by atoms with van der Waals surface area (Å²) in [6.45, 7) is 4.91. The molecule has 0 radical (unpaired) electrons. The van der Waals surface area contributed by atoms with Gasteiger partial charge in [-0.1, -0.05) is 35.1 Å². The molecule has 0 unspecified atom stereocenters. The Morgan fingerprint density at radius 2 is 1.97 bits per heavy atom. The number of thiazole rings is 1. The van der Waals surface area contributed by atoms with E-state index in [1.165, 1.54) is 17.5 Å². The lowest BCUT2D eigenvalue weighted by molar-refractivity contribution is -0.142. The highest BCUT2D eigenvalue weighted by Gasteiger charge is 2.25. The first-order chi connectivity index (χ1) is 15.8. The van der Waals surface area contributed by atoms with E-state index in [1.807, 2.05) is 25.1 Å². The standard InChI is InChI=1S/C22H23ClN6O3S/c1-12-4-3-5-15(23)19(12)28-20(30)16-11-24-22(33-16)27-17-10-18(26-13(2)25-17)29-8-6-14(7-9-29)21(31)32/h3-5,10-11,14H,6-9H2,1-2H3,(H,28,30)(H,31,32)(H,24,25,26,27). The molecule has 4 rings (SSSR count). The number of hydrogen-bond acceptors (Lipinski definition) is 8. The number of rotatable bonds is 6. The molecule has 1 aromatic carbocycles. The molecule has 0 atom stereocenters. The molecule has 172 valence electrons. The van der Waals surface area contributed by atoms with Crippen molar-refractivity contribution >= 4 is 57.3 Å². The summed E-state index contributed by atoms with van der Waals surface area (Å²) < 4.78 is 0. The van der Waals surface area contributed by atoms with Crippen LogP contribution < -0.4 is 15.5 Å². The van der Waals surface area contributed by atoms with E-state index in [2.05, 4.69) is 30.5 Å². The van der Waals surface area contributed by atoms with Crippen LogP contribution in [0.5, 0.6) is 0 Å². The fraction of sp³-hybridized carbons (Fsp3) is 0.318. The van der Waals surface area contributed by atoms with Crippen LogP contribution in [0.1, 0.15) is 33.9 Å². The molecule has 3 N–H and O–H groups in total. The van der Waals surface area contributed by atoms with Gasteiger partial charge in [0, 0.05) is 19.2 Å². The molecule has 0 aliphatic carbocycles. The highest BCUT2D eigenvalue weighted by Crippen LogP contribution is 2.29. The van der Waals surface area contributed by atoms with E-state index in [4.69, 9.17) is 11.6 Å². The molecule has 3 aromatic rings. The Balaban J connectivity index is 1.45. The molecule has 1 saturated heterocycles. The average molecular weight is 487 g/mol. The summed E-state index contributed by atoms with van der Waals surface area (Å²) in [5.74, 6) is 0.524.